The van der Waals surface area contributed by atoms with Crippen molar-refractivity contribution in [3.05, 3.63) is 261 Å². The maximum absolute atomic E-state index is 5.44. The summed E-state index contributed by atoms with van der Waals surface area (Å²) in [4.78, 5) is 10.9. The number of thiophene rings is 3. The lowest BCUT2D eigenvalue weighted by molar-refractivity contribution is 1.16. The topological polar surface area (TPSA) is 40.6 Å². The Labute approximate surface area is 492 Å². The van der Waals surface area contributed by atoms with Crippen LogP contribution in [0.25, 0.3) is 177 Å². The fourth-order valence-electron chi connectivity index (χ4n) is 13.6. The SMILES string of the molecule is c1ccc2c(c1)sc1cc3c4ccccc4n(-c4ccc(-c5cc(-c6ccc(-n7c8ccccc8c8cc9sc%10ccccc%10c9cc87)cc6)nc(-c6ccc(-n7c8ccccc8c8cc9sc%10ccccc%10c9cc87)cc6)n5)cc4)c3cc12. The third kappa shape index (κ3) is 6.81. The van der Waals surface area contributed by atoms with Crippen molar-refractivity contribution in [1.29, 1.82) is 0 Å². The molecule has 0 saturated heterocycles. The molecule has 0 amide bonds. The minimum absolute atomic E-state index is 0.666. The molecule has 0 fully saturated rings. The molecule has 19 aromatic rings. The highest BCUT2D eigenvalue weighted by Crippen LogP contribution is 2.45. The van der Waals surface area contributed by atoms with E-state index >= 15 is 0 Å². The molecule has 0 atom stereocenters. The van der Waals surface area contributed by atoms with Gasteiger partial charge in [0.15, 0.2) is 5.82 Å². The highest BCUT2D eigenvalue weighted by atomic mass is 32.1. The first kappa shape index (κ1) is 46.4. The van der Waals surface area contributed by atoms with E-state index in [0.717, 1.165) is 45.1 Å². The van der Waals surface area contributed by atoms with Crippen LogP contribution in [-0.4, -0.2) is 23.7 Å². The summed E-state index contributed by atoms with van der Waals surface area (Å²) >= 11 is 5.60. The molecule has 8 heteroatoms. The summed E-state index contributed by atoms with van der Waals surface area (Å²) in [6.07, 6.45) is 0. The summed E-state index contributed by atoms with van der Waals surface area (Å²) in [6, 6.07) is 95.9. The summed E-state index contributed by atoms with van der Waals surface area (Å²) in [6.45, 7) is 0. The van der Waals surface area contributed by atoms with Gasteiger partial charge in [0.2, 0.25) is 0 Å². The van der Waals surface area contributed by atoms with Crippen molar-refractivity contribution in [1.82, 2.24) is 23.7 Å². The largest absolute Gasteiger partial charge is 0.309 e. The lowest BCUT2D eigenvalue weighted by atomic mass is 10.1. The summed E-state index contributed by atoms with van der Waals surface area (Å²) < 4.78 is 15.1. The van der Waals surface area contributed by atoms with Crippen LogP contribution in [0.3, 0.4) is 0 Å². The van der Waals surface area contributed by atoms with Crippen LogP contribution in [0.5, 0.6) is 0 Å². The molecule has 0 saturated carbocycles. The zero-order chi connectivity index (χ0) is 54.7. The Hall–Kier alpha value is -10.2. The van der Waals surface area contributed by atoms with E-state index in [1.54, 1.807) is 0 Å². The van der Waals surface area contributed by atoms with Gasteiger partial charge in [0.25, 0.3) is 0 Å². The zero-order valence-electron chi connectivity index (χ0n) is 44.8. The van der Waals surface area contributed by atoms with Crippen molar-refractivity contribution in [3.63, 3.8) is 0 Å². The van der Waals surface area contributed by atoms with E-state index in [9.17, 15) is 0 Å². The molecular formula is C76H43N5S3. The number of para-hydroxylation sites is 3. The summed E-state index contributed by atoms with van der Waals surface area (Å²) in [7, 11) is 0. The van der Waals surface area contributed by atoms with Gasteiger partial charge in [-0.25, -0.2) is 9.97 Å². The van der Waals surface area contributed by atoms with Gasteiger partial charge in [-0.2, -0.15) is 0 Å². The molecule has 12 aromatic carbocycles. The molecule has 84 heavy (non-hydrogen) atoms. The highest BCUT2D eigenvalue weighted by molar-refractivity contribution is 7.26. The van der Waals surface area contributed by atoms with Crippen LogP contribution in [-0.2, 0) is 0 Å². The van der Waals surface area contributed by atoms with Crippen LogP contribution in [0.2, 0.25) is 0 Å². The van der Waals surface area contributed by atoms with E-state index < -0.39 is 0 Å². The third-order valence-corrected chi connectivity index (χ3v) is 20.9. The van der Waals surface area contributed by atoms with Crippen molar-refractivity contribution in [2.24, 2.45) is 0 Å². The average Bonchev–Trinajstić information content (AvgIpc) is 2.69. The Balaban J connectivity index is 0.756. The maximum Gasteiger partial charge on any atom is 0.160 e. The minimum atomic E-state index is 0.666. The van der Waals surface area contributed by atoms with Gasteiger partial charge in [-0.3, -0.25) is 0 Å². The third-order valence-electron chi connectivity index (χ3n) is 17.5. The number of hydrogen-bond donors (Lipinski definition) is 0. The van der Waals surface area contributed by atoms with Gasteiger partial charge in [0, 0.05) is 127 Å². The molecule has 0 N–H and O–H groups in total. The summed E-state index contributed by atoms with van der Waals surface area (Å²) in [5, 5.41) is 15.3. The van der Waals surface area contributed by atoms with Crippen molar-refractivity contribution in [2.45, 2.75) is 0 Å². The number of hydrogen-bond acceptors (Lipinski definition) is 5. The van der Waals surface area contributed by atoms with Crippen LogP contribution < -0.4 is 0 Å². The fraction of sp³-hybridized carbons (Fsp3) is 0. The number of rotatable bonds is 6. The van der Waals surface area contributed by atoms with Crippen LogP contribution in [0.4, 0.5) is 0 Å². The molecule has 0 bridgehead atoms. The first-order valence-electron chi connectivity index (χ1n) is 28.4. The van der Waals surface area contributed by atoms with Crippen molar-refractivity contribution < 1.29 is 0 Å². The number of aromatic nitrogens is 5. The lowest BCUT2D eigenvalue weighted by Gasteiger charge is -2.13. The average molecular weight is 1120 g/mol. The van der Waals surface area contributed by atoms with Gasteiger partial charge in [0.1, 0.15) is 0 Å². The molecule has 0 aliphatic carbocycles. The second-order valence-electron chi connectivity index (χ2n) is 22.1. The number of nitrogens with zero attached hydrogens (tertiary/aromatic N) is 5. The molecule has 5 nitrogen and oxygen atoms in total. The standard InChI is InChI=1S/C76H43N5S3/c1-7-19-64-50(13-1)56-40-73-59(53-16-4-10-22-70(53)82-73)37-67(56)79(64)47-31-25-44(26-32-47)62-43-63(45-27-33-48(34-28-45)80-65-20-8-2-14-51(65)57-41-74-60(38-68(57)80)54-17-5-11-23-71(54)83-74)78-76(77-62)46-29-35-49(36-30-46)81-66-21-9-3-15-52(66)58-42-75-61(39-69(58)81)55-18-6-12-24-72(55)84-75/h1-43H. The van der Waals surface area contributed by atoms with Crippen molar-refractivity contribution in [3.8, 4) is 51.0 Å². The highest BCUT2D eigenvalue weighted by Gasteiger charge is 2.21. The molecule has 0 spiro atoms. The monoisotopic (exact) mass is 1120 g/mol. The lowest BCUT2D eigenvalue weighted by Crippen LogP contribution is -1.98. The molecule has 7 aromatic heterocycles. The summed E-state index contributed by atoms with van der Waals surface area (Å²) in [5.74, 6) is 0.666. The Morgan fingerprint density at radius 2 is 0.512 bits per heavy atom. The molecular weight excluding hydrogens is 1080 g/mol. The normalized spacial score (nSPS) is 12.3. The predicted octanol–water partition coefficient (Wildman–Crippen LogP) is 21.9. The van der Waals surface area contributed by atoms with Gasteiger partial charge in [-0.05, 0) is 127 Å². The van der Waals surface area contributed by atoms with Crippen LogP contribution in [0.15, 0.2) is 261 Å². The van der Waals surface area contributed by atoms with Crippen molar-refractivity contribution in [2.75, 3.05) is 0 Å². The molecule has 0 unspecified atom stereocenters. The van der Waals surface area contributed by atoms with Crippen LogP contribution >= 0.6 is 34.0 Å². The predicted molar refractivity (Wildman–Crippen MR) is 360 cm³/mol. The van der Waals surface area contributed by atoms with Gasteiger partial charge in [-0.15, -0.1) is 34.0 Å². The fourth-order valence-corrected chi connectivity index (χ4v) is 17.0. The zero-order valence-corrected chi connectivity index (χ0v) is 47.2. The van der Waals surface area contributed by atoms with Crippen molar-refractivity contribution >= 4 is 160 Å². The Morgan fingerprint density at radius 1 is 0.214 bits per heavy atom. The van der Waals surface area contributed by atoms with E-state index in [1.165, 1.54) is 126 Å². The molecule has 7 heterocycles. The van der Waals surface area contributed by atoms with E-state index in [1.807, 2.05) is 34.0 Å². The van der Waals surface area contributed by atoms with Gasteiger partial charge < -0.3 is 13.7 Å². The summed E-state index contributed by atoms with van der Waals surface area (Å²) in [5.41, 5.74) is 15.1. The Kier molecular flexibility index (Phi) is 9.75. The quantitative estimate of drug-likeness (QED) is 0.166. The van der Waals surface area contributed by atoms with E-state index in [0.29, 0.717) is 5.82 Å². The smallest absolute Gasteiger partial charge is 0.160 e. The minimum Gasteiger partial charge on any atom is -0.309 e. The molecule has 0 aliphatic rings. The number of fused-ring (bicyclic) bond motifs is 18. The van der Waals surface area contributed by atoms with E-state index in [4.69, 9.17) is 9.97 Å². The van der Waals surface area contributed by atoms with E-state index in [2.05, 4.69) is 275 Å². The Morgan fingerprint density at radius 3 is 0.857 bits per heavy atom. The van der Waals surface area contributed by atoms with E-state index in [-0.39, 0.29) is 0 Å². The first-order valence-corrected chi connectivity index (χ1v) is 30.8. The molecule has 390 valence electrons. The molecule has 0 aliphatic heterocycles. The van der Waals surface area contributed by atoms with Crippen LogP contribution in [0, 0.1) is 0 Å². The number of benzene rings is 12. The van der Waals surface area contributed by atoms with Crippen LogP contribution in [0.1, 0.15) is 0 Å². The van der Waals surface area contributed by atoms with Gasteiger partial charge >= 0.3 is 0 Å². The maximum atomic E-state index is 5.44. The second-order valence-corrected chi connectivity index (χ2v) is 25.3. The Bertz CT molecular complexity index is 5370. The van der Waals surface area contributed by atoms with Gasteiger partial charge in [0.05, 0.1) is 44.5 Å². The first-order chi connectivity index (χ1) is 41.6. The molecule has 0 radical (unpaired) electrons. The molecule has 19 rings (SSSR count). The second kappa shape index (κ2) is 17.6. The van der Waals surface area contributed by atoms with Gasteiger partial charge in [-0.1, -0.05) is 133 Å².